The number of hydrogen-bond donors (Lipinski definition) is 2. The Morgan fingerprint density at radius 1 is 1.07 bits per heavy atom. The number of urea groups is 1. The van der Waals surface area contributed by atoms with Crippen molar-refractivity contribution in [3.8, 4) is 0 Å². The zero-order chi connectivity index (χ0) is 18.5. The Morgan fingerprint density at radius 3 is 2.78 bits per heavy atom. The number of nitrogens with one attached hydrogen (secondary N) is 2. The summed E-state index contributed by atoms with van der Waals surface area (Å²) in [6.45, 7) is 3.36. The first-order valence-electron chi connectivity index (χ1n) is 8.96. The summed E-state index contributed by atoms with van der Waals surface area (Å²) in [5.41, 5.74) is 1.07. The van der Waals surface area contributed by atoms with E-state index in [1.807, 2.05) is 24.3 Å². The molecule has 0 unspecified atom stereocenters. The van der Waals surface area contributed by atoms with Gasteiger partial charge in [0.1, 0.15) is 18.0 Å². The highest BCUT2D eigenvalue weighted by Gasteiger charge is 2.13. The highest BCUT2D eigenvalue weighted by molar-refractivity contribution is 5.89. The van der Waals surface area contributed by atoms with Crippen LogP contribution in [0.4, 0.5) is 16.4 Å². The number of carbonyl (C=O) groups excluding carboxylic acids is 1. The van der Waals surface area contributed by atoms with Gasteiger partial charge in [0.2, 0.25) is 0 Å². The molecule has 1 saturated heterocycles. The molecule has 3 aromatic rings. The molecule has 0 saturated carbocycles. The van der Waals surface area contributed by atoms with Crippen LogP contribution >= 0.6 is 0 Å². The van der Waals surface area contributed by atoms with Crippen molar-refractivity contribution < 1.29 is 9.53 Å². The molecule has 2 aromatic carbocycles. The van der Waals surface area contributed by atoms with Crippen LogP contribution in [-0.4, -0.2) is 42.3 Å². The number of nitrogens with zero attached hydrogens (tertiary/aromatic N) is 3. The van der Waals surface area contributed by atoms with Crippen molar-refractivity contribution in [3.63, 3.8) is 0 Å². The van der Waals surface area contributed by atoms with Crippen LogP contribution in [-0.2, 0) is 11.3 Å². The molecular formula is C20H21N5O2. The van der Waals surface area contributed by atoms with Crippen LogP contribution in [0.25, 0.3) is 10.8 Å². The van der Waals surface area contributed by atoms with E-state index in [-0.39, 0.29) is 6.03 Å². The predicted octanol–water partition coefficient (Wildman–Crippen LogP) is 2.79. The lowest BCUT2D eigenvalue weighted by Crippen LogP contribution is -2.37. The van der Waals surface area contributed by atoms with Gasteiger partial charge in [-0.1, -0.05) is 42.5 Å². The normalized spacial score (nSPS) is 14.1. The third-order valence-electron chi connectivity index (χ3n) is 4.55. The van der Waals surface area contributed by atoms with E-state index < -0.39 is 0 Å². The Hall–Kier alpha value is -3.19. The second-order valence-corrected chi connectivity index (χ2v) is 6.31. The van der Waals surface area contributed by atoms with E-state index in [1.165, 1.54) is 6.33 Å². The van der Waals surface area contributed by atoms with Crippen molar-refractivity contribution in [1.82, 2.24) is 15.3 Å². The summed E-state index contributed by atoms with van der Waals surface area (Å²) in [6, 6.07) is 15.7. The minimum absolute atomic E-state index is 0.297. The molecule has 0 atom stereocenters. The molecule has 138 valence electrons. The maximum atomic E-state index is 12.3. The largest absolute Gasteiger partial charge is 0.378 e. The van der Waals surface area contributed by atoms with Gasteiger partial charge in [0.25, 0.3) is 0 Å². The molecule has 7 nitrogen and oxygen atoms in total. The number of amides is 2. The molecule has 1 aliphatic heterocycles. The topological polar surface area (TPSA) is 79.4 Å². The number of benzene rings is 2. The van der Waals surface area contributed by atoms with Crippen molar-refractivity contribution in [1.29, 1.82) is 0 Å². The van der Waals surface area contributed by atoms with Crippen LogP contribution in [0.5, 0.6) is 0 Å². The number of carbonyl (C=O) groups is 1. The molecule has 1 aromatic heterocycles. The van der Waals surface area contributed by atoms with Crippen LogP contribution in [0.1, 0.15) is 5.56 Å². The summed E-state index contributed by atoms with van der Waals surface area (Å²) in [5.74, 6) is 1.26. The maximum absolute atomic E-state index is 12.3. The third-order valence-corrected chi connectivity index (χ3v) is 4.55. The molecule has 0 radical (unpaired) electrons. The van der Waals surface area contributed by atoms with Crippen LogP contribution in [0, 0.1) is 0 Å². The molecule has 7 heteroatoms. The lowest BCUT2D eigenvalue weighted by molar-refractivity contribution is 0.122. The van der Waals surface area contributed by atoms with Crippen LogP contribution in [0.15, 0.2) is 54.9 Å². The number of fused-ring (bicyclic) bond motifs is 1. The highest BCUT2D eigenvalue weighted by Crippen LogP contribution is 2.18. The molecule has 27 heavy (non-hydrogen) atoms. The second-order valence-electron chi connectivity index (χ2n) is 6.31. The van der Waals surface area contributed by atoms with Gasteiger partial charge in [-0.2, -0.15) is 0 Å². The first-order chi connectivity index (χ1) is 13.3. The summed E-state index contributed by atoms with van der Waals surface area (Å²) in [4.78, 5) is 22.8. The van der Waals surface area contributed by atoms with Crippen molar-refractivity contribution in [2.45, 2.75) is 6.54 Å². The molecule has 0 bridgehead atoms. The molecule has 2 amide bonds. The number of ether oxygens (including phenoxy) is 1. The van der Waals surface area contributed by atoms with Gasteiger partial charge in [0, 0.05) is 25.7 Å². The molecule has 1 fully saturated rings. The molecule has 4 rings (SSSR count). The summed E-state index contributed by atoms with van der Waals surface area (Å²) < 4.78 is 5.36. The molecule has 1 aliphatic rings. The van der Waals surface area contributed by atoms with Gasteiger partial charge in [-0.25, -0.2) is 14.8 Å². The summed E-state index contributed by atoms with van der Waals surface area (Å²) in [7, 11) is 0. The van der Waals surface area contributed by atoms with E-state index in [2.05, 4.69) is 43.7 Å². The summed E-state index contributed by atoms with van der Waals surface area (Å²) in [5, 5.41) is 7.97. The van der Waals surface area contributed by atoms with E-state index in [0.29, 0.717) is 25.6 Å². The van der Waals surface area contributed by atoms with Crippen molar-refractivity contribution in [2.75, 3.05) is 36.5 Å². The fraction of sp³-hybridized carbons (Fsp3) is 0.250. The molecule has 2 heterocycles. The zero-order valence-electron chi connectivity index (χ0n) is 14.9. The van der Waals surface area contributed by atoms with E-state index in [9.17, 15) is 4.79 Å². The fourth-order valence-electron chi connectivity index (χ4n) is 3.16. The average molecular weight is 363 g/mol. The average Bonchev–Trinajstić information content (AvgIpc) is 2.73. The number of anilines is 2. The van der Waals surface area contributed by atoms with E-state index in [4.69, 9.17) is 4.74 Å². The van der Waals surface area contributed by atoms with Crippen LogP contribution in [0.2, 0.25) is 0 Å². The minimum Gasteiger partial charge on any atom is -0.378 e. The van der Waals surface area contributed by atoms with Gasteiger partial charge in [-0.05, 0) is 16.3 Å². The summed E-state index contributed by atoms with van der Waals surface area (Å²) >= 11 is 0. The number of hydrogen-bond acceptors (Lipinski definition) is 5. The smallest absolute Gasteiger partial charge is 0.320 e. The second kappa shape index (κ2) is 8.01. The Balaban J connectivity index is 1.39. The van der Waals surface area contributed by atoms with Gasteiger partial charge < -0.3 is 15.0 Å². The molecule has 0 aliphatic carbocycles. The van der Waals surface area contributed by atoms with Gasteiger partial charge in [0.05, 0.1) is 13.2 Å². The van der Waals surface area contributed by atoms with Gasteiger partial charge >= 0.3 is 6.03 Å². The summed E-state index contributed by atoms with van der Waals surface area (Å²) in [6.07, 6.45) is 1.46. The Kier molecular flexibility index (Phi) is 5.11. The van der Waals surface area contributed by atoms with Crippen LogP contribution < -0.4 is 15.5 Å². The lowest BCUT2D eigenvalue weighted by atomic mass is 10.0. The Labute approximate surface area is 157 Å². The number of morpholine rings is 1. The van der Waals surface area contributed by atoms with Crippen LogP contribution in [0.3, 0.4) is 0 Å². The molecule has 2 N–H and O–H groups in total. The van der Waals surface area contributed by atoms with Crippen molar-refractivity contribution >= 4 is 28.4 Å². The van der Waals surface area contributed by atoms with Gasteiger partial charge in [-0.3, -0.25) is 5.32 Å². The maximum Gasteiger partial charge on any atom is 0.320 e. The van der Waals surface area contributed by atoms with E-state index >= 15 is 0 Å². The van der Waals surface area contributed by atoms with E-state index in [0.717, 1.165) is 35.2 Å². The number of aromatic nitrogens is 2. The van der Waals surface area contributed by atoms with Gasteiger partial charge in [0.15, 0.2) is 0 Å². The first kappa shape index (κ1) is 17.2. The quantitative estimate of drug-likeness (QED) is 0.745. The van der Waals surface area contributed by atoms with Gasteiger partial charge in [-0.15, -0.1) is 0 Å². The lowest BCUT2D eigenvalue weighted by Gasteiger charge is -2.27. The zero-order valence-corrected chi connectivity index (χ0v) is 14.9. The standard InChI is InChI=1S/C20H21N5O2/c26-20(21-13-16-6-3-5-15-4-1-2-7-17(15)16)24-18-12-19(23-14-22-18)25-8-10-27-11-9-25/h1-7,12,14H,8-11,13H2,(H2,21,22,23,24,26). The highest BCUT2D eigenvalue weighted by atomic mass is 16.5. The predicted molar refractivity (Wildman–Crippen MR) is 105 cm³/mol. The minimum atomic E-state index is -0.297. The van der Waals surface area contributed by atoms with Crippen molar-refractivity contribution in [2.24, 2.45) is 0 Å². The van der Waals surface area contributed by atoms with E-state index in [1.54, 1.807) is 6.07 Å². The monoisotopic (exact) mass is 363 g/mol. The molecule has 0 spiro atoms. The Bertz CT molecular complexity index is 935. The third kappa shape index (κ3) is 4.15. The Morgan fingerprint density at radius 2 is 1.89 bits per heavy atom. The first-order valence-corrected chi connectivity index (χ1v) is 8.96. The number of rotatable bonds is 4. The molecular weight excluding hydrogens is 342 g/mol. The fourth-order valence-corrected chi connectivity index (χ4v) is 3.16. The SMILES string of the molecule is O=C(NCc1cccc2ccccc12)Nc1cc(N2CCOCC2)ncn1. The van der Waals surface area contributed by atoms with Crippen molar-refractivity contribution in [3.05, 3.63) is 60.4 Å².